The minimum Gasteiger partial charge on any atom is -0.354 e. The molecule has 0 aliphatic carbocycles. The fourth-order valence-corrected chi connectivity index (χ4v) is 4.71. The maximum Gasteiger partial charge on any atom is 0.261 e. The van der Waals surface area contributed by atoms with Crippen LogP contribution in [-0.2, 0) is 6.42 Å². The molecular weight excluding hydrogens is 440 g/mol. The van der Waals surface area contributed by atoms with Crippen molar-refractivity contribution in [2.45, 2.75) is 13.3 Å². The zero-order valence-corrected chi connectivity index (χ0v) is 19.3. The van der Waals surface area contributed by atoms with E-state index in [1.807, 2.05) is 13.0 Å². The Balaban J connectivity index is 1.23. The first-order valence-electron chi connectivity index (χ1n) is 10.8. The van der Waals surface area contributed by atoms with Crippen LogP contribution in [0.25, 0.3) is 0 Å². The Morgan fingerprint density at radius 2 is 1.70 bits per heavy atom. The van der Waals surface area contributed by atoms with Crippen LogP contribution in [-0.4, -0.2) is 81.6 Å². The molecule has 4 heterocycles. The van der Waals surface area contributed by atoms with Crippen molar-refractivity contribution in [1.82, 2.24) is 30.0 Å². The van der Waals surface area contributed by atoms with E-state index in [9.17, 15) is 9.59 Å². The van der Waals surface area contributed by atoms with Gasteiger partial charge in [-0.25, -0.2) is 9.97 Å². The molecule has 10 nitrogen and oxygen atoms in total. The molecule has 1 N–H and O–H groups in total. The summed E-state index contributed by atoms with van der Waals surface area (Å²) in [7, 11) is 2.12. The van der Waals surface area contributed by atoms with Crippen LogP contribution in [0.15, 0.2) is 30.3 Å². The molecule has 0 radical (unpaired) electrons. The van der Waals surface area contributed by atoms with E-state index in [0.717, 1.165) is 37.0 Å². The highest BCUT2D eigenvalue weighted by Gasteiger charge is 2.34. The summed E-state index contributed by atoms with van der Waals surface area (Å²) in [5.41, 5.74) is 0.912. The molecule has 1 fully saturated rings. The lowest BCUT2D eigenvalue weighted by Crippen LogP contribution is -2.44. The second kappa shape index (κ2) is 8.83. The molecule has 5 rings (SSSR count). The predicted octanol–water partition coefficient (Wildman–Crippen LogP) is 1.97. The lowest BCUT2D eigenvalue weighted by Gasteiger charge is -2.33. The summed E-state index contributed by atoms with van der Waals surface area (Å²) < 4.78 is 0. The fraction of sp³-hybridized carbons (Fsp3) is 0.364. The SMILES string of the molecule is Cc1nc(Nc2nnc(CCN3C(=O)c4ccccc4C3=O)s2)cc(N2CCN(C)CC2)n1. The van der Waals surface area contributed by atoms with Crippen molar-refractivity contribution >= 4 is 39.9 Å². The molecular formula is C22H24N8O2S. The summed E-state index contributed by atoms with van der Waals surface area (Å²) in [5, 5.41) is 13.0. The van der Waals surface area contributed by atoms with E-state index in [-0.39, 0.29) is 18.4 Å². The van der Waals surface area contributed by atoms with Gasteiger partial charge in [0.1, 0.15) is 22.5 Å². The molecule has 33 heavy (non-hydrogen) atoms. The lowest BCUT2D eigenvalue weighted by molar-refractivity contribution is 0.0656. The summed E-state index contributed by atoms with van der Waals surface area (Å²) in [4.78, 5) is 40.0. The summed E-state index contributed by atoms with van der Waals surface area (Å²) in [6, 6.07) is 8.82. The highest BCUT2D eigenvalue weighted by atomic mass is 32.1. The number of piperazine rings is 1. The number of aromatic nitrogens is 4. The fourth-order valence-electron chi connectivity index (χ4n) is 3.98. The van der Waals surface area contributed by atoms with Crippen LogP contribution in [0, 0.1) is 6.92 Å². The number of likely N-dealkylation sites (N-methyl/N-ethyl adjacent to an activating group) is 1. The van der Waals surface area contributed by atoms with Gasteiger partial charge in [-0.15, -0.1) is 10.2 Å². The zero-order chi connectivity index (χ0) is 22.9. The second-order valence-electron chi connectivity index (χ2n) is 8.13. The number of fused-ring (bicyclic) bond motifs is 1. The average Bonchev–Trinajstić information content (AvgIpc) is 3.35. The minimum atomic E-state index is -0.258. The Hall–Kier alpha value is -3.44. The first kappa shape index (κ1) is 21.4. The number of imide groups is 1. The number of nitrogens with zero attached hydrogens (tertiary/aromatic N) is 7. The van der Waals surface area contributed by atoms with Crippen LogP contribution in [0.2, 0.25) is 0 Å². The number of aryl methyl sites for hydroxylation is 1. The predicted molar refractivity (Wildman–Crippen MR) is 125 cm³/mol. The normalized spacial score (nSPS) is 16.4. The van der Waals surface area contributed by atoms with Gasteiger partial charge in [-0.1, -0.05) is 23.5 Å². The van der Waals surface area contributed by atoms with Gasteiger partial charge in [-0.2, -0.15) is 0 Å². The molecule has 170 valence electrons. The number of hydrogen-bond acceptors (Lipinski definition) is 10. The summed E-state index contributed by atoms with van der Waals surface area (Å²) in [5.74, 6) is 1.73. The third-order valence-corrected chi connectivity index (χ3v) is 6.68. The van der Waals surface area contributed by atoms with Gasteiger partial charge in [0.2, 0.25) is 5.13 Å². The van der Waals surface area contributed by atoms with Gasteiger partial charge in [0, 0.05) is 45.2 Å². The summed E-state index contributed by atoms with van der Waals surface area (Å²) in [6.07, 6.45) is 0.445. The molecule has 2 aromatic heterocycles. The van der Waals surface area contributed by atoms with E-state index in [1.54, 1.807) is 24.3 Å². The Morgan fingerprint density at radius 1 is 1.00 bits per heavy atom. The number of amides is 2. The number of nitrogens with one attached hydrogen (secondary N) is 1. The number of carbonyl (C=O) groups is 2. The minimum absolute atomic E-state index is 0.258. The van der Waals surface area contributed by atoms with Gasteiger partial charge in [-0.05, 0) is 26.1 Å². The summed E-state index contributed by atoms with van der Waals surface area (Å²) >= 11 is 1.38. The molecule has 0 atom stereocenters. The third-order valence-electron chi connectivity index (χ3n) is 5.78. The van der Waals surface area contributed by atoms with E-state index >= 15 is 0 Å². The van der Waals surface area contributed by atoms with Gasteiger partial charge < -0.3 is 15.1 Å². The maximum atomic E-state index is 12.5. The Kier molecular flexibility index (Phi) is 5.73. The van der Waals surface area contributed by atoms with Crippen LogP contribution in [0.1, 0.15) is 31.5 Å². The molecule has 1 saturated heterocycles. The van der Waals surface area contributed by atoms with E-state index in [4.69, 9.17) is 0 Å². The van der Waals surface area contributed by atoms with E-state index < -0.39 is 0 Å². The van der Waals surface area contributed by atoms with Crippen LogP contribution in [0.5, 0.6) is 0 Å². The van der Waals surface area contributed by atoms with Gasteiger partial charge in [0.05, 0.1) is 11.1 Å². The molecule has 0 bridgehead atoms. The number of benzene rings is 1. The number of carbonyl (C=O) groups excluding carboxylic acids is 2. The van der Waals surface area contributed by atoms with E-state index in [1.165, 1.54) is 16.2 Å². The number of hydrogen-bond donors (Lipinski definition) is 1. The Labute approximate surface area is 195 Å². The number of rotatable bonds is 6. The smallest absolute Gasteiger partial charge is 0.261 e. The van der Waals surface area contributed by atoms with Gasteiger partial charge in [0.15, 0.2) is 0 Å². The molecule has 0 spiro atoms. The van der Waals surface area contributed by atoms with E-state index in [0.29, 0.717) is 34.3 Å². The average molecular weight is 465 g/mol. The van der Waals surface area contributed by atoms with Crippen LogP contribution >= 0.6 is 11.3 Å². The van der Waals surface area contributed by atoms with Crippen molar-refractivity contribution in [2.24, 2.45) is 0 Å². The third kappa shape index (κ3) is 4.41. The van der Waals surface area contributed by atoms with Crippen molar-refractivity contribution in [3.8, 4) is 0 Å². The molecule has 0 saturated carbocycles. The van der Waals surface area contributed by atoms with Crippen LogP contribution < -0.4 is 10.2 Å². The van der Waals surface area contributed by atoms with Gasteiger partial charge >= 0.3 is 0 Å². The quantitative estimate of drug-likeness (QED) is 0.548. The molecule has 1 aromatic carbocycles. The highest BCUT2D eigenvalue weighted by molar-refractivity contribution is 7.15. The maximum absolute atomic E-state index is 12.5. The first-order chi connectivity index (χ1) is 16.0. The zero-order valence-electron chi connectivity index (χ0n) is 18.5. The molecule has 3 aromatic rings. The Bertz CT molecular complexity index is 1170. The van der Waals surface area contributed by atoms with Gasteiger partial charge in [0.25, 0.3) is 11.8 Å². The van der Waals surface area contributed by atoms with Crippen molar-refractivity contribution in [3.05, 3.63) is 52.3 Å². The van der Waals surface area contributed by atoms with E-state index in [2.05, 4.69) is 42.3 Å². The molecule has 2 aliphatic heterocycles. The van der Waals surface area contributed by atoms with Crippen LogP contribution in [0.4, 0.5) is 16.8 Å². The topological polar surface area (TPSA) is 107 Å². The standard InChI is InChI=1S/C22H24N8O2S/c1-14-23-17(13-18(24-14)29-11-9-28(2)10-12-29)25-22-27-26-19(33-22)7-8-30-20(31)15-5-3-4-6-16(15)21(30)32/h3-6,13H,7-12H2,1-2H3,(H,23,24,25,27). The lowest BCUT2D eigenvalue weighted by atomic mass is 10.1. The number of anilines is 3. The summed E-state index contributed by atoms with van der Waals surface area (Å²) in [6.45, 7) is 5.98. The Morgan fingerprint density at radius 3 is 2.39 bits per heavy atom. The molecule has 0 unspecified atom stereocenters. The van der Waals surface area contributed by atoms with Crippen molar-refractivity contribution in [1.29, 1.82) is 0 Å². The highest BCUT2D eigenvalue weighted by Crippen LogP contribution is 2.25. The van der Waals surface area contributed by atoms with Crippen molar-refractivity contribution < 1.29 is 9.59 Å². The first-order valence-corrected chi connectivity index (χ1v) is 11.6. The van der Waals surface area contributed by atoms with Gasteiger partial charge in [-0.3, -0.25) is 14.5 Å². The largest absolute Gasteiger partial charge is 0.354 e. The van der Waals surface area contributed by atoms with Crippen molar-refractivity contribution in [2.75, 3.05) is 50.0 Å². The monoisotopic (exact) mass is 464 g/mol. The molecule has 2 aliphatic rings. The molecule has 2 amide bonds. The van der Waals surface area contributed by atoms with Crippen LogP contribution in [0.3, 0.4) is 0 Å². The molecule has 11 heteroatoms. The second-order valence-corrected chi connectivity index (χ2v) is 9.19. The van der Waals surface area contributed by atoms with Crippen molar-refractivity contribution in [3.63, 3.8) is 0 Å².